The number of unbranched alkanes of at least 4 members (excludes halogenated alkanes) is 1. The van der Waals surface area contributed by atoms with Crippen molar-refractivity contribution in [2.75, 3.05) is 26.3 Å². The van der Waals surface area contributed by atoms with Crippen molar-refractivity contribution >= 4 is 0 Å². The molecule has 0 aliphatic heterocycles. The number of hydrogen-bond donors (Lipinski definition) is 1. The van der Waals surface area contributed by atoms with E-state index in [1.165, 1.54) is 12.1 Å². The van der Waals surface area contributed by atoms with Crippen LogP contribution in [0.2, 0.25) is 0 Å². The first-order valence-corrected chi connectivity index (χ1v) is 12.0. The topological polar surface area (TPSA) is 59.8 Å². The lowest BCUT2D eigenvalue weighted by Crippen LogP contribution is -2.35. The molecule has 1 heterocycles. The van der Waals surface area contributed by atoms with Crippen LogP contribution in [0.15, 0.2) is 54.6 Å². The van der Waals surface area contributed by atoms with Gasteiger partial charge in [0, 0.05) is 38.4 Å². The number of halogens is 1. The van der Waals surface area contributed by atoms with Crippen molar-refractivity contribution < 1.29 is 19.0 Å². The van der Waals surface area contributed by atoms with Crippen LogP contribution < -0.4 is 4.74 Å². The third-order valence-corrected chi connectivity index (χ3v) is 5.49. The summed E-state index contributed by atoms with van der Waals surface area (Å²) in [6.45, 7) is 7.01. The molecule has 0 spiro atoms. The summed E-state index contributed by atoms with van der Waals surface area (Å²) >= 11 is 0. The minimum Gasteiger partial charge on any atom is -0.439 e. The van der Waals surface area contributed by atoms with Crippen LogP contribution in [-0.2, 0) is 18.3 Å². The van der Waals surface area contributed by atoms with Crippen LogP contribution in [0.25, 0.3) is 11.3 Å². The minimum absolute atomic E-state index is 0.311. The van der Waals surface area contributed by atoms with Gasteiger partial charge in [-0.05, 0) is 31.5 Å². The number of benzene rings is 2. The minimum atomic E-state index is -0.590. The average molecular weight is 470 g/mol. The number of rotatable bonds is 14. The fraction of sp³-hybridized carbons (Fsp3) is 0.444. The summed E-state index contributed by atoms with van der Waals surface area (Å²) in [5.74, 6) is 0.609. The Morgan fingerprint density at radius 3 is 2.59 bits per heavy atom. The Bertz CT molecular complexity index is 1010. The quantitative estimate of drug-likeness (QED) is 0.320. The highest BCUT2D eigenvalue weighted by molar-refractivity contribution is 5.65. The Morgan fingerprint density at radius 2 is 1.88 bits per heavy atom. The molecule has 0 saturated carbocycles. The second-order valence-electron chi connectivity index (χ2n) is 8.50. The molecule has 1 aromatic heterocycles. The summed E-state index contributed by atoms with van der Waals surface area (Å²) in [5.41, 5.74) is 2.68. The van der Waals surface area contributed by atoms with E-state index in [1.807, 2.05) is 37.4 Å². The number of aromatic nitrogens is 2. The van der Waals surface area contributed by atoms with Crippen molar-refractivity contribution in [3.63, 3.8) is 0 Å². The Hall–Kier alpha value is -2.74. The lowest BCUT2D eigenvalue weighted by Gasteiger charge is -2.25. The van der Waals surface area contributed by atoms with Crippen LogP contribution >= 0.6 is 0 Å². The van der Waals surface area contributed by atoms with E-state index < -0.39 is 6.10 Å². The molecule has 1 atom stereocenters. The second kappa shape index (κ2) is 13.2. The number of nitrogens with zero attached hydrogens (tertiary/aromatic N) is 3. The number of aliphatic hydroxyl groups excluding tert-OH is 1. The predicted molar refractivity (Wildman–Crippen MR) is 132 cm³/mol. The molecular weight excluding hydrogens is 433 g/mol. The van der Waals surface area contributed by atoms with Crippen LogP contribution in [-0.4, -0.2) is 52.2 Å². The summed E-state index contributed by atoms with van der Waals surface area (Å²) in [5, 5.41) is 15.3. The zero-order valence-corrected chi connectivity index (χ0v) is 20.4. The van der Waals surface area contributed by atoms with Crippen molar-refractivity contribution in [2.45, 2.75) is 45.8 Å². The molecule has 0 fully saturated rings. The van der Waals surface area contributed by atoms with Crippen molar-refractivity contribution in [3.05, 3.63) is 66.0 Å². The van der Waals surface area contributed by atoms with Crippen molar-refractivity contribution in [1.29, 1.82) is 0 Å². The van der Waals surface area contributed by atoms with Gasteiger partial charge in [0.15, 0.2) is 0 Å². The van der Waals surface area contributed by atoms with Crippen molar-refractivity contribution in [1.82, 2.24) is 14.7 Å². The van der Waals surface area contributed by atoms with Gasteiger partial charge in [-0.15, -0.1) is 0 Å². The lowest BCUT2D eigenvalue weighted by atomic mass is 10.1. The Kier molecular flexibility index (Phi) is 10.1. The maximum absolute atomic E-state index is 13.8. The number of ether oxygens (including phenoxy) is 2. The van der Waals surface area contributed by atoms with Gasteiger partial charge in [-0.2, -0.15) is 5.10 Å². The van der Waals surface area contributed by atoms with Crippen LogP contribution in [0.4, 0.5) is 4.39 Å². The normalized spacial score (nSPS) is 12.3. The highest BCUT2D eigenvalue weighted by Gasteiger charge is 2.23. The van der Waals surface area contributed by atoms with Gasteiger partial charge in [-0.25, -0.2) is 9.07 Å². The Balaban J connectivity index is 1.88. The van der Waals surface area contributed by atoms with Crippen molar-refractivity contribution in [2.24, 2.45) is 7.05 Å². The van der Waals surface area contributed by atoms with Gasteiger partial charge < -0.3 is 14.6 Å². The largest absolute Gasteiger partial charge is 0.439 e. The molecule has 0 aliphatic carbocycles. The molecule has 0 amide bonds. The fourth-order valence-corrected chi connectivity index (χ4v) is 3.88. The number of aryl methyl sites for hydroxylation is 1. The van der Waals surface area contributed by atoms with E-state index in [9.17, 15) is 9.50 Å². The maximum atomic E-state index is 13.8. The first-order valence-electron chi connectivity index (χ1n) is 12.0. The van der Waals surface area contributed by atoms with Crippen LogP contribution in [0.1, 0.15) is 38.7 Å². The molecule has 0 aliphatic rings. The highest BCUT2D eigenvalue weighted by Crippen LogP contribution is 2.34. The van der Waals surface area contributed by atoms with Gasteiger partial charge in [-0.3, -0.25) is 4.90 Å². The molecule has 0 saturated heterocycles. The summed E-state index contributed by atoms with van der Waals surface area (Å²) in [4.78, 5) is 2.19. The summed E-state index contributed by atoms with van der Waals surface area (Å²) < 4.78 is 27.3. The molecule has 0 radical (unpaired) electrons. The molecule has 6 nitrogen and oxygen atoms in total. The zero-order valence-electron chi connectivity index (χ0n) is 20.4. The molecular formula is C27H36FN3O3. The first kappa shape index (κ1) is 25.9. The summed E-state index contributed by atoms with van der Waals surface area (Å²) in [7, 11) is 1.82. The molecule has 3 aromatic rings. The average Bonchev–Trinajstić information content (AvgIpc) is 3.12. The van der Waals surface area contributed by atoms with Gasteiger partial charge in [-0.1, -0.05) is 56.7 Å². The van der Waals surface area contributed by atoms with Gasteiger partial charge >= 0.3 is 0 Å². The van der Waals surface area contributed by atoms with E-state index in [2.05, 4.69) is 18.7 Å². The zero-order chi connectivity index (χ0) is 24.3. The number of hydrogen-bond acceptors (Lipinski definition) is 5. The maximum Gasteiger partial charge on any atom is 0.222 e. The summed E-state index contributed by atoms with van der Waals surface area (Å²) in [6, 6.07) is 16.0. The van der Waals surface area contributed by atoms with Crippen LogP contribution in [0.5, 0.6) is 11.6 Å². The van der Waals surface area contributed by atoms with E-state index >= 15 is 0 Å². The molecule has 2 aromatic carbocycles. The smallest absolute Gasteiger partial charge is 0.222 e. The molecule has 7 heteroatoms. The lowest BCUT2D eigenvalue weighted by molar-refractivity contribution is 0.0143. The van der Waals surface area contributed by atoms with E-state index in [1.54, 1.807) is 16.8 Å². The second-order valence-corrected chi connectivity index (χ2v) is 8.50. The standard InChI is InChI=1S/C27H36FN3O3/c1-4-6-16-33-20-23(32)18-31(15-5-2)19-25-26(21-11-8-7-9-12-21)29-30(3)27(25)34-24-14-10-13-22(28)17-24/h7-14,17,23,32H,4-6,15-16,18-20H2,1-3H3. The third-order valence-electron chi connectivity index (χ3n) is 5.49. The third kappa shape index (κ3) is 7.38. The van der Waals surface area contributed by atoms with Gasteiger partial charge in [0.2, 0.25) is 5.88 Å². The molecule has 1 unspecified atom stereocenters. The Morgan fingerprint density at radius 1 is 1.09 bits per heavy atom. The number of aliphatic hydroxyl groups is 1. The molecule has 34 heavy (non-hydrogen) atoms. The SMILES string of the molecule is CCCCOCC(O)CN(CCC)Cc1c(-c2ccccc2)nn(C)c1Oc1cccc(F)c1. The molecule has 3 rings (SSSR count). The first-order chi connectivity index (χ1) is 16.5. The highest BCUT2D eigenvalue weighted by atomic mass is 19.1. The molecule has 1 N–H and O–H groups in total. The van der Waals surface area contributed by atoms with Crippen LogP contribution in [0, 0.1) is 5.82 Å². The van der Waals surface area contributed by atoms with Crippen LogP contribution in [0.3, 0.4) is 0 Å². The predicted octanol–water partition coefficient (Wildman–Crippen LogP) is 5.41. The van der Waals surface area contributed by atoms with E-state index in [4.69, 9.17) is 14.6 Å². The van der Waals surface area contributed by atoms with E-state index in [-0.39, 0.29) is 5.82 Å². The van der Waals surface area contributed by atoms with E-state index in [0.29, 0.717) is 37.9 Å². The van der Waals surface area contributed by atoms with Gasteiger partial charge in [0.05, 0.1) is 18.3 Å². The van der Waals surface area contributed by atoms with Crippen molar-refractivity contribution in [3.8, 4) is 22.9 Å². The summed E-state index contributed by atoms with van der Waals surface area (Å²) in [6.07, 6.45) is 2.40. The molecule has 0 bridgehead atoms. The van der Waals surface area contributed by atoms with Gasteiger partial charge in [0.1, 0.15) is 17.3 Å². The Labute approximate surface area is 201 Å². The molecule has 184 valence electrons. The fourth-order valence-electron chi connectivity index (χ4n) is 3.88. The van der Waals surface area contributed by atoms with E-state index in [0.717, 1.165) is 42.6 Å². The van der Waals surface area contributed by atoms with Gasteiger partial charge in [0.25, 0.3) is 0 Å². The monoisotopic (exact) mass is 469 g/mol.